The van der Waals surface area contributed by atoms with E-state index in [0.717, 1.165) is 32.1 Å². The molecule has 5 fully saturated rings. The summed E-state index contributed by atoms with van der Waals surface area (Å²) in [4.78, 5) is 28.8. The van der Waals surface area contributed by atoms with Crippen LogP contribution in [0.25, 0.3) is 0 Å². The highest BCUT2D eigenvalue weighted by Crippen LogP contribution is 2.77. The molecule has 4 saturated carbocycles. The Bertz CT molecular complexity index is 1150. The van der Waals surface area contributed by atoms with Gasteiger partial charge in [-0.3, -0.25) is 9.48 Å². The van der Waals surface area contributed by atoms with Gasteiger partial charge in [0, 0.05) is 44.7 Å². The Hall–Kier alpha value is -2.21. The second-order valence-corrected chi connectivity index (χ2v) is 12.5. The van der Waals surface area contributed by atoms with Crippen molar-refractivity contribution in [1.82, 2.24) is 25.3 Å². The fourth-order valence-electron chi connectivity index (χ4n) is 8.64. The fraction of sp³-hybridized carbons (Fsp3) is 0.800. The van der Waals surface area contributed by atoms with Crippen LogP contribution in [0.15, 0.2) is 0 Å². The number of likely N-dealkylation sites (tertiary alicyclic amines) is 1. The maximum atomic E-state index is 13.4. The molecular formula is C25H34ClF3N6O3. The van der Waals surface area contributed by atoms with E-state index >= 15 is 0 Å². The van der Waals surface area contributed by atoms with Gasteiger partial charge in [-0.1, -0.05) is 11.6 Å². The van der Waals surface area contributed by atoms with Gasteiger partial charge in [0.25, 0.3) is 5.91 Å². The number of piperidine rings is 1. The van der Waals surface area contributed by atoms with E-state index in [2.05, 4.69) is 10.4 Å². The number of carbonyl (C=O) groups is 2. The number of aryl methyl sites for hydroxylation is 1. The molecule has 0 radical (unpaired) electrons. The Morgan fingerprint density at radius 2 is 1.87 bits per heavy atom. The molecular weight excluding hydrogens is 525 g/mol. The van der Waals surface area contributed by atoms with Gasteiger partial charge < -0.3 is 25.5 Å². The van der Waals surface area contributed by atoms with Crippen LogP contribution in [0.5, 0.6) is 0 Å². The Labute approximate surface area is 224 Å². The summed E-state index contributed by atoms with van der Waals surface area (Å²) in [5.74, 6) is 1.50. The SMILES string of the molecule is CN(c1c(Cl)c(C(=O)N[C@H]2C3CC4CC5(O)CC2CC45C3)nn1C)C1CCN(C(=O)NCC(F)(F)F)CC1. The Morgan fingerprint density at radius 3 is 2.55 bits per heavy atom. The van der Waals surface area contributed by atoms with Crippen LogP contribution in [0.1, 0.15) is 55.4 Å². The maximum absolute atomic E-state index is 13.4. The number of rotatable bonds is 5. The number of aliphatic hydroxyl groups is 1. The van der Waals surface area contributed by atoms with Crippen LogP contribution in [0.2, 0.25) is 5.02 Å². The Kier molecular flexibility index (Phi) is 5.92. The molecule has 3 N–H and O–H groups in total. The van der Waals surface area contributed by atoms with E-state index in [4.69, 9.17) is 11.6 Å². The molecule has 1 aromatic heterocycles. The van der Waals surface area contributed by atoms with Gasteiger partial charge in [0.2, 0.25) is 0 Å². The number of hydrogen-bond acceptors (Lipinski definition) is 5. The van der Waals surface area contributed by atoms with Crippen LogP contribution in [0.3, 0.4) is 0 Å². The summed E-state index contributed by atoms with van der Waals surface area (Å²) in [6.45, 7) is -0.743. The molecule has 5 aliphatic rings. The Morgan fingerprint density at radius 1 is 1.18 bits per heavy atom. The average Bonchev–Trinajstić information content (AvgIpc) is 3.37. The third-order valence-electron chi connectivity index (χ3n) is 10.3. The number of halogens is 4. The minimum Gasteiger partial charge on any atom is -0.389 e. The van der Waals surface area contributed by atoms with Crippen molar-refractivity contribution < 1.29 is 27.9 Å². The van der Waals surface area contributed by atoms with E-state index in [1.54, 1.807) is 11.7 Å². The number of aromatic nitrogens is 2. The highest BCUT2D eigenvalue weighted by atomic mass is 35.5. The zero-order valence-electron chi connectivity index (χ0n) is 21.5. The van der Waals surface area contributed by atoms with Crippen LogP contribution in [0, 0.1) is 23.2 Å². The number of anilines is 1. The Balaban J connectivity index is 1.09. The standard InChI is InChI=1S/C25H34ClF3N6O3/c1-33(16-3-5-35(6-4-16)22(37)30-12-25(27,28)29)21-17(26)19(32-34(21)2)20(36)31-18-13-7-15-11-24(38)10-14(18)9-23(15,24)8-13/h13-16,18,38H,3-12H2,1-2H3,(H,30,37)(H,31,36)/t13?,14?,15?,18-,23?,24?/m0/s1. The normalized spacial score (nSPS) is 35.7. The first-order valence-electron chi connectivity index (χ1n) is 13.4. The van der Waals surface area contributed by atoms with Crippen molar-refractivity contribution >= 4 is 29.4 Å². The average molecular weight is 559 g/mol. The highest BCUT2D eigenvalue weighted by molar-refractivity contribution is 6.36. The lowest BCUT2D eigenvalue weighted by atomic mass is 9.53. The summed E-state index contributed by atoms with van der Waals surface area (Å²) in [7, 11) is 3.57. The van der Waals surface area contributed by atoms with Gasteiger partial charge >= 0.3 is 12.2 Å². The molecule has 38 heavy (non-hydrogen) atoms. The van der Waals surface area contributed by atoms with Gasteiger partial charge in [-0.25, -0.2) is 4.79 Å². The van der Waals surface area contributed by atoms with Crippen molar-refractivity contribution in [2.45, 2.75) is 68.8 Å². The molecule has 1 aromatic rings. The second-order valence-electron chi connectivity index (χ2n) is 12.2. The molecule has 9 nitrogen and oxygen atoms in total. The van der Waals surface area contributed by atoms with Crippen LogP contribution >= 0.6 is 11.6 Å². The number of amides is 3. The number of nitrogens with zero attached hydrogens (tertiary/aromatic N) is 4. The molecule has 210 valence electrons. The summed E-state index contributed by atoms with van der Waals surface area (Å²) in [5.41, 5.74) is -0.308. The summed E-state index contributed by atoms with van der Waals surface area (Å²) < 4.78 is 38.8. The number of hydrogen-bond donors (Lipinski definition) is 3. The molecule has 13 heteroatoms. The third-order valence-corrected chi connectivity index (χ3v) is 10.6. The largest absolute Gasteiger partial charge is 0.405 e. The van der Waals surface area contributed by atoms with Gasteiger partial charge in [-0.05, 0) is 62.7 Å². The lowest BCUT2D eigenvalue weighted by Crippen LogP contribution is -2.57. The molecule has 0 aromatic carbocycles. The number of urea groups is 1. The lowest BCUT2D eigenvalue weighted by molar-refractivity contribution is -0.176. The summed E-state index contributed by atoms with van der Waals surface area (Å²) in [6.07, 6.45) is 1.29. The molecule has 3 amide bonds. The number of alkyl halides is 3. The third kappa shape index (κ3) is 3.88. The van der Waals surface area contributed by atoms with E-state index in [-0.39, 0.29) is 40.0 Å². The quantitative estimate of drug-likeness (QED) is 0.516. The first-order chi connectivity index (χ1) is 17.8. The smallest absolute Gasteiger partial charge is 0.389 e. The molecule has 1 aliphatic heterocycles. The molecule has 3 bridgehead atoms. The van der Waals surface area contributed by atoms with Gasteiger partial charge in [0.1, 0.15) is 17.4 Å². The molecule has 6 rings (SSSR count). The zero-order chi connectivity index (χ0) is 27.2. The van der Waals surface area contributed by atoms with E-state index < -0.39 is 24.4 Å². The van der Waals surface area contributed by atoms with Crippen molar-refractivity contribution in [1.29, 1.82) is 0 Å². The van der Waals surface area contributed by atoms with Crippen LogP contribution in [0.4, 0.5) is 23.8 Å². The second kappa shape index (κ2) is 8.64. The first-order valence-corrected chi connectivity index (χ1v) is 13.8. The molecule has 2 heterocycles. The topological polar surface area (TPSA) is 103 Å². The first kappa shape index (κ1) is 26.0. The highest BCUT2D eigenvalue weighted by Gasteiger charge is 2.76. The van der Waals surface area contributed by atoms with Crippen molar-refractivity contribution in [2.75, 3.05) is 31.6 Å². The fourth-order valence-corrected chi connectivity index (χ4v) is 9.02. The zero-order valence-corrected chi connectivity index (χ0v) is 22.3. The van der Waals surface area contributed by atoms with Crippen molar-refractivity contribution in [3.05, 3.63) is 10.7 Å². The number of nitrogens with one attached hydrogen (secondary N) is 2. The monoisotopic (exact) mass is 558 g/mol. The van der Waals surface area contributed by atoms with Crippen LogP contribution in [-0.4, -0.2) is 82.3 Å². The van der Waals surface area contributed by atoms with Crippen LogP contribution in [-0.2, 0) is 7.05 Å². The van der Waals surface area contributed by atoms with Gasteiger partial charge in [-0.15, -0.1) is 0 Å². The van der Waals surface area contributed by atoms with Gasteiger partial charge in [0.15, 0.2) is 5.69 Å². The molecule has 5 unspecified atom stereocenters. The summed E-state index contributed by atoms with van der Waals surface area (Å²) >= 11 is 6.72. The molecule has 6 atom stereocenters. The lowest BCUT2D eigenvalue weighted by Gasteiger charge is -2.55. The van der Waals surface area contributed by atoms with E-state index in [1.807, 2.05) is 17.3 Å². The molecule has 1 saturated heterocycles. The van der Waals surface area contributed by atoms with Crippen molar-refractivity contribution in [3.8, 4) is 0 Å². The predicted octanol–water partition coefficient (Wildman–Crippen LogP) is 2.92. The molecule has 4 aliphatic carbocycles. The van der Waals surface area contributed by atoms with E-state index in [9.17, 15) is 27.9 Å². The minimum atomic E-state index is -4.45. The number of carbonyl (C=O) groups excluding carboxylic acids is 2. The molecule has 1 spiro atoms. The number of fused-ring (bicyclic) bond motifs is 2. The maximum Gasteiger partial charge on any atom is 0.405 e. The van der Waals surface area contributed by atoms with Crippen molar-refractivity contribution in [3.63, 3.8) is 0 Å². The summed E-state index contributed by atoms with van der Waals surface area (Å²) in [6, 6.07) is -0.738. The van der Waals surface area contributed by atoms with Gasteiger partial charge in [-0.2, -0.15) is 18.3 Å². The predicted molar refractivity (Wildman–Crippen MR) is 133 cm³/mol. The van der Waals surface area contributed by atoms with Crippen molar-refractivity contribution in [2.24, 2.45) is 30.2 Å². The minimum absolute atomic E-state index is 0.0158. The van der Waals surface area contributed by atoms with E-state index in [1.165, 1.54) is 4.90 Å². The summed E-state index contributed by atoms with van der Waals surface area (Å²) in [5, 5.41) is 21.0. The van der Waals surface area contributed by atoms with Crippen LogP contribution < -0.4 is 15.5 Å². The van der Waals surface area contributed by atoms with E-state index in [0.29, 0.717) is 43.6 Å². The van der Waals surface area contributed by atoms with Gasteiger partial charge in [0.05, 0.1) is 5.60 Å².